The quantitative estimate of drug-likeness (QED) is 0.788. The predicted molar refractivity (Wildman–Crippen MR) is 45.1 cm³/mol. The first kappa shape index (κ1) is 9.88. The van der Waals surface area contributed by atoms with Gasteiger partial charge in [0, 0.05) is 22.4 Å². The summed E-state index contributed by atoms with van der Waals surface area (Å²) in [6.07, 6.45) is 3.30. The van der Waals surface area contributed by atoms with Crippen LogP contribution in [0.25, 0.3) is 0 Å². The first-order valence-corrected chi connectivity index (χ1v) is 3.33. The molecule has 1 aromatic rings. The Kier molecular flexibility index (Phi) is 4.60. The summed E-state index contributed by atoms with van der Waals surface area (Å²) in [5.74, 6) is 0. The van der Waals surface area contributed by atoms with Crippen molar-refractivity contribution < 1.29 is 5.11 Å². The van der Waals surface area contributed by atoms with Gasteiger partial charge >= 0.3 is 0 Å². The van der Waals surface area contributed by atoms with E-state index < -0.39 is 0 Å². The molecule has 10 heavy (non-hydrogen) atoms. The normalized spacial score (nSPS) is 8.60. The molecule has 56 valence electrons. The number of nitrogens with zero attached hydrogens (tertiary/aromatic N) is 1. The second kappa shape index (κ2) is 4.66. The van der Waals surface area contributed by atoms with Gasteiger partial charge in [0.05, 0.1) is 6.61 Å². The van der Waals surface area contributed by atoms with Crippen molar-refractivity contribution in [3.63, 3.8) is 0 Å². The maximum atomic E-state index is 8.65. The van der Waals surface area contributed by atoms with Gasteiger partial charge in [-0.3, -0.25) is 4.98 Å². The maximum absolute atomic E-state index is 8.65. The van der Waals surface area contributed by atoms with E-state index in [2.05, 4.69) is 20.9 Å². The topological polar surface area (TPSA) is 33.1 Å². The molecular weight excluding hydrogens is 217 g/mol. The van der Waals surface area contributed by atoms with Crippen molar-refractivity contribution in [1.29, 1.82) is 0 Å². The van der Waals surface area contributed by atoms with Crippen molar-refractivity contribution in [2.45, 2.75) is 6.61 Å². The van der Waals surface area contributed by atoms with Crippen LogP contribution in [0.15, 0.2) is 22.9 Å². The molecule has 1 N–H and O–H groups in total. The molecule has 0 unspecified atom stereocenters. The fourth-order valence-electron chi connectivity index (χ4n) is 0.527. The average molecular weight is 224 g/mol. The lowest BCUT2D eigenvalue weighted by atomic mass is 10.3. The van der Waals surface area contributed by atoms with E-state index in [-0.39, 0.29) is 19.0 Å². The van der Waals surface area contributed by atoms with Gasteiger partial charge in [0.2, 0.25) is 0 Å². The number of hydrogen-bond acceptors (Lipinski definition) is 2. The maximum Gasteiger partial charge on any atom is 0.0707 e. The lowest BCUT2D eigenvalue weighted by Gasteiger charge is -1.95. The first-order chi connectivity index (χ1) is 4.34. The van der Waals surface area contributed by atoms with E-state index >= 15 is 0 Å². The summed E-state index contributed by atoms with van der Waals surface area (Å²) < 4.78 is 0.903. The van der Waals surface area contributed by atoms with E-state index in [1.165, 1.54) is 0 Å². The minimum atomic E-state index is 0. The van der Waals surface area contributed by atoms with Gasteiger partial charge in [-0.15, -0.1) is 12.4 Å². The Hall–Kier alpha value is -0.120. The second-order valence-electron chi connectivity index (χ2n) is 1.63. The van der Waals surface area contributed by atoms with Crippen molar-refractivity contribution in [2.24, 2.45) is 0 Å². The molecule has 0 aliphatic rings. The third-order valence-electron chi connectivity index (χ3n) is 1.01. The van der Waals surface area contributed by atoms with Gasteiger partial charge in [-0.05, 0) is 6.07 Å². The summed E-state index contributed by atoms with van der Waals surface area (Å²) in [5, 5.41) is 8.65. The smallest absolute Gasteiger partial charge is 0.0707 e. The fourth-order valence-corrected chi connectivity index (χ4v) is 0.873. The molecule has 0 bridgehead atoms. The Morgan fingerprint density at radius 2 is 2.30 bits per heavy atom. The van der Waals surface area contributed by atoms with Crippen LogP contribution >= 0.6 is 28.3 Å². The van der Waals surface area contributed by atoms with Gasteiger partial charge < -0.3 is 5.11 Å². The van der Waals surface area contributed by atoms with Crippen LogP contribution in [0, 0.1) is 0 Å². The molecule has 0 amide bonds. The number of aliphatic hydroxyl groups excluding tert-OH is 1. The first-order valence-electron chi connectivity index (χ1n) is 2.54. The van der Waals surface area contributed by atoms with Crippen molar-refractivity contribution in [1.82, 2.24) is 4.98 Å². The SMILES string of the molecule is Cl.OCc1cnccc1Br. The molecular formula is C6H7BrClNO. The third-order valence-corrected chi connectivity index (χ3v) is 1.79. The van der Waals surface area contributed by atoms with Gasteiger partial charge in [0.1, 0.15) is 0 Å². The van der Waals surface area contributed by atoms with Gasteiger partial charge in [0.25, 0.3) is 0 Å². The van der Waals surface area contributed by atoms with E-state index in [1.807, 2.05) is 0 Å². The van der Waals surface area contributed by atoms with Crippen LogP contribution in [0.1, 0.15) is 5.56 Å². The molecule has 0 spiro atoms. The molecule has 1 aromatic heterocycles. The highest BCUT2D eigenvalue weighted by Crippen LogP contribution is 2.13. The zero-order valence-corrected chi connectivity index (χ0v) is 7.52. The summed E-state index contributed by atoms with van der Waals surface area (Å²) in [5.41, 5.74) is 0.817. The molecule has 1 heterocycles. The van der Waals surface area contributed by atoms with Gasteiger partial charge in [-0.1, -0.05) is 15.9 Å². The molecule has 0 aliphatic carbocycles. The molecule has 0 saturated heterocycles. The predicted octanol–water partition coefficient (Wildman–Crippen LogP) is 1.76. The summed E-state index contributed by atoms with van der Waals surface area (Å²) in [6, 6.07) is 1.80. The van der Waals surface area contributed by atoms with E-state index in [4.69, 9.17) is 5.11 Å². The summed E-state index contributed by atoms with van der Waals surface area (Å²) in [6.45, 7) is 0.0361. The largest absolute Gasteiger partial charge is 0.392 e. The number of halogens is 2. The Morgan fingerprint density at radius 1 is 1.60 bits per heavy atom. The Labute approximate surface area is 73.8 Å². The monoisotopic (exact) mass is 223 g/mol. The molecule has 1 rings (SSSR count). The van der Waals surface area contributed by atoms with Crippen LogP contribution in [0.4, 0.5) is 0 Å². The van der Waals surface area contributed by atoms with Crippen molar-refractivity contribution >= 4 is 28.3 Å². The summed E-state index contributed by atoms with van der Waals surface area (Å²) in [4.78, 5) is 3.83. The molecule has 0 saturated carbocycles. The highest BCUT2D eigenvalue weighted by atomic mass is 79.9. The van der Waals surface area contributed by atoms with Gasteiger partial charge in [-0.2, -0.15) is 0 Å². The number of aromatic nitrogens is 1. The number of aliphatic hydroxyl groups is 1. The Morgan fingerprint density at radius 3 is 2.70 bits per heavy atom. The van der Waals surface area contributed by atoms with Crippen molar-refractivity contribution in [2.75, 3.05) is 0 Å². The molecule has 0 radical (unpaired) electrons. The zero-order chi connectivity index (χ0) is 6.69. The summed E-state index contributed by atoms with van der Waals surface area (Å²) >= 11 is 3.26. The highest BCUT2D eigenvalue weighted by Gasteiger charge is 1.93. The van der Waals surface area contributed by atoms with Crippen molar-refractivity contribution in [3.8, 4) is 0 Å². The molecule has 0 aromatic carbocycles. The lowest BCUT2D eigenvalue weighted by molar-refractivity contribution is 0.280. The molecule has 4 heteroatoms. The third kappa shape index (κ3) is 2.25. The number of rotatable bonds is 1. The van der Waals surface area contributed by atoms with Crippen LogP contribution in [-0.2, 0) is 6.61 Å². The minimum absolute atomic E-state index is 0. The number of pyridine rings is 1. The lowest BCUT2D eigenvalue weighted by Crippen LogP contribution is -1.84. The van der Waals surface area contributed by atoms with E-state index in [0.29, 0.717) is 0 Å². The standard InChI is InChI=1S/C6H6BrNO.ClH/c7-6-1-2-8-3-5(6)4-9;/h1-3,9H,4H2;1H. The minimum Gasteiger partial charge on any atom is -0.392 e. The average Bonchev–Trinajstić information content (AvgIpc) is 1.89. The number of hydrogen-bond donors (Lipinski definition) is 1. The fraction of sp³-hybridized carbons (Fsp3) is 0.167. The van der Waals surface area contributed by atoms with Crippen molar-refractivity contribution in [3.05, 3.63) is 28.5 Å². The van der Waals surface area contributed by atoms with Crippen LogP contribution in [0.3, 0.4) is 0 Å². The zero-order valence-electron chi connectivity index (χ0n) is 5.12. The van der Waals surface area contributed by atoms with Crippen LogP contribution in [0.2, 0.25) is 0 Å². The van der Waals surface area contributed by atoms with Crippen LogP contribution in [0.5, 0.6) is 0 Å². The molecule has 0 atom stereocenters. The molecule has 0 fully saturated rings. The summed E-state index contributed by atoms with van der Waals surface area (Å²) in [7, 11) is 0. The van der Waals surface area contributed by atoms with Gasteiger partial charge in [-0.25, -0.2) is 0 Å². The van der Waals surface area contributed by atoms with Crippen LogP contribution in [-0.4, -0.2) is 10.1 Å². The van der Waals surface area contributed by atoms with E-state index in [1.54, 1.807) is 18.5 Å². The molecule has 0 aliphatic heterocycles. The molecule has 2 nitrogen and oxygen atoms in total. The van der Waals surface area contributed by atoms with E-state index in [9.17, 15) is 0 Å². The Balaban J connectivity index is 0.000000810. The van der Waals surface area contributed by atoms with Crippen LogP contribution < -0.4 is 0 Å². The second-order valence-corrected chi connectivity index (χ2v) is 2.48. The highest BCUT2D eigenvalue weighted by molar-refractivity contribution is 9.10. The van der Waals surface area contributed by atoms with Gasteiger partial charge in [0.15, 0.2) is 0 Å². The Bertz CT molecular complexity index is 207. The van der Waals surface area contributed by atoms with E-state index in [0.717, 1.165) is 10.0 Å².